The summed E-state index contributed by atoms with van der Waals surface area (Å²) in [7, 11) is 2.12. The molecule has 7 heteroatoms. The van der Waals surface area contributed by atoms with Gasteiger partial charge in [0.15, 0.2) is 0 Å². The van der Waals surface area contributed by atoms with Crippen LogP contribution in [0.25, 0.3) is 0 Å². The Morgan fingerprint density at radius 2 is 1.78 bits per heavy atom. The van der Waals surface area contributed by atoms with Gasteiger partial charge in [-0.3, -0.25) is 9.69 Å². The van der Waals surface area contributed by atoms with E-state index in [0.29, 0.717) is 13.0 Å². The molecule has 1 aromatic carbocycles. The summed E-state index contributed by atoms with van der Waals surface area (Å²) in [5.41, 5.74) is 6.12. The van der Waals surface area contributed by atoms with Gasteiger partial charge in [-0.1, -0.05) is 18.2 Å². The number of likely N-dealkylation sites (tertiary alicyclic amines) is 1. The van der Waals surface area contributed by atoms with Gasteiger partial charge in [0, 0.05) is 81.5 Å². The van der Waals surface area contributed by atoms with Crippen LogP contribution >= 0.6 is 0 Å². The van der Waals surface area contributed by atoms with Crippen LogP contribution in [0.15, 0.2) is 48.7 Å². The number of carbonyl (C=O) groups excluding carboxylic acids is 1. The molecule has 4 heterocycles. The fourth-order valence-corrected chi connectivity index (χ4v) is 5.67. The van der Waals surface area contributed by atoms with E-state index in [0.717, 1.165) is 57.7 Å². The minimum atomic E-state index is 0.123. The highest BCUT2D eigenvalue weighted by Crippen LogP contribution is 2.36. The number of carbonyl (C=O) groups is 1. The summed E-state index contributed by atoms with van der Waals surface area (Å²) in [5, 5.41) is 3.49. The van der Waals surface area contributed by atoms with Crippen molar-refractivity contribution in [1.82, 2.24) is 24.7 Å². The van der Waals surface area contributed by atoms with E-state index >= 15 is 0 Å². The van der Waals surface area contributed by atoms with Crippen molar-refractivity contribution in [2.45, 2.75) is 58.2 Å². The Labute approximate surface area is 220 Å². The maximum Gasteiger partial charge on any atom is 0.222 e. The van der Waals surface area contributed by atoms with Gasteiger partial charge in [-0.2, -0.15) is 0 Å². The topological polar surface area (TPSA) is 65.5 Å². The molecule has 2 N–H and O–H groups in total. The van der Waals surface area contributed by atoms with Crippen LogP contribution in [0.1, 0.15) is 67.4 Å². The third-order valence-electron chi connectivity index (χ3n) is 7.65. The zero-order valence-electron chi connectivity index (χ0n) is 22.5. The second kappa shape index (κ2) is 11.6. The summed E-state index contributed by atoms with van der Waals surface area (Å²) in [6.45, 7) is 9.72. The molecule has 1 amide bonds. The van der Waals surface area contributed by atoms with Crippen molar-refractivity contribution in [2.75, 3.05) is 32.7 Å². The van der Waals surface area contributed by atoms with Gasteiger partial charge >= 0.3 is 0 Å². The largest absolute Gasteiger partial charge is 0.491 e. The average Bonchev–Trinajstić information content (AvgIpc) is 3.49. The number of H-pyrrole nitrogens is 1. The van der Waals surface area contributed by atoms with Gasteiger partial charge in [0.2, 0.25) is 5.91 Å². The lowest BCUT2D eigenvalue weighted by Gasteiger charge is -2.35. The Morgan fingerprint density at radius 1 is 1.00 bits per heavy atom. The number of aromatic amines is 1. The molecule has 0 saturated carbocycles. The van der Waals surface area contributed by atoms with Gasteiger partial charge in [0.1, 0.15) is 5.75 Å². The Bertz CT molecular complexity index is 1190. The molecule has 2 aliphatic rings. The molecule has 37 heavy (non-hydrogen) atoms. The molecule has 2 aromatic heterocycles. The maximum absolute atomic E-state index is 12.3. The first-order valence-corrected chi connectivity index (χ1v) is 13.8. The zero-order valence-corrected chi connectivity index (χ0v) is 22.5. The fraction of sp³-hybridized carbons (Fsp3) is 0.500. The Hall–Kier alpha value is -3.03. The van der Waals surface area contributed by atoms with Crippen LogP contribution in [0.3, 0.4) is 0 Å². The normalized spacial score (nSPS) is 17.9. The SMILES string of the molecule is CC(C)Oc1ccccc1C(c1c[nH]c(Cc2ccc(CN3CCCCC3=O)n2C)c1)N1CCNCC1. The van der Waals surface area contributed by atoms with Crippen molar-refractivity contribution in [3.05, 3.63) is 76.9 Å². The van der Waals surface area contributed by atoms with Crippen molar-refractivity contribution >= 4 is 5.91 Å². The van der Waals surface area contributed by atoms with Crippen LogP contribution in [-0.2, 0) is 24.8 Å². The number of ether oxygens (including phenoxy) is 1. The van der Waals surface area contributed by atoms with E-state index in [1.165, 1.54) is 28.2 Å². The minimum Gasteiger partial charge on any atom is -0.491 e. The van der Waals surface area contributed by atoms with Gasteiger partial charge in [0.25, 0.3) is 0 Å². The van der Waals surface area contributed by atoms with E-state index in [2.05, 4.69) is 89.3 Å². The van der Waals surface area contributed by atoms with Gasteiger partial charge < -0.3 is 24.5 Å². The smallest absolute Gasteiger partial charge is 0.222 e. The van der Waals surface area contributed by atoms with E-state index in [1.807, 2.05) is 4.90 Å². The molecule has 198 valence electrons. The summed E-state index contributed by atoms with van der Waals surface area (Å²) in [5.74, 6) is 1.24. The Morgan fingerprint density at radius 3 is 2.57 bits per heavy atom. The molecule has 1 unspecified atom stereocenters. The van der Waals surface area contributed by atoms with E-state index in [1.54, 1.807) is 0 Å². The molecule has 0 aliphatic carbocycles. The first kappa shape index (κ1) is 25.6. The quantitative estimate of drug-likeness (QED) is 0.459. The van der Waals surface area contributed by atoms with Crippen LogP contribution < -0.4 is 10.1 Å². The molecule has 2 fully saturated rings. The highest BCUT2D eigenvalue weighted by atomic mass is 16.5. The number of nitrogens with zero attached hydrogens (tertiary/aromatic N) is 3. The van der Waals surface area contributed by atoms with Crippen LogP contribution in [0.5, 0.6) is 5.75 Å². The van der Waals surface area contributed by atoms with Crippen LogP contribution in [0.2, 0.25) is 0 Å². The number of benzene rings is 1. The lowest BCUT2D eigenvalue weighted by atomic mass is 9.97. The van der Waals surface area contributed by atoms with Gasteiger partial charge in [0.05, 0.1) is 18.7 Å². The number of piperidine rings is 1. The molecular formula is C30H41N5O2. The summed E-state index contributed by atoms with van der Waals surface area (Å²) >= 11 is 0. The summed E-state index contributed by atoms with van der Waals surface area (Å²) in [6, 6.07) is 15.3. The summed E-state index contributed by atoms with van der Waals surface area (Å²) in [6.07, 6.45) is 5.92. The molecular weight excluding hydrogens is 462 g/mol. The molecule has 7 nitrogen and oxygen atoms in total. The third kappa shape index (κ3) is 5.94. The molecule has 0 radical (unpaired) electrons. The number of hydrogen-bond acceptors (Lipinski definition) is 4. The van der Waals surface area contributed by atoms with Gasteiger partial charge in [-0.15, -0.1) is 0 Å². The van der Waals surface area contributed by atoms with Crippen LogP contribution in [-0.4, -0.2) is 64.1 Å². The molecule has 2 aliphatic heterocycles. The fourth-order valence-electron chi connectivity index (χ4n) is 5.67. The van der Waals surface area contributed by atoms with Crippen molar-refractivity contribution in [3.8, 4) is 5.75 Å². The highest BCUT2D eigenvalue weighted by molar-refractivity contribution is 5.76. The molecule has 0 spiro atoms. The predicted molar refractivity (Wildman–Crippen MR) is 147 cm³/mol. The number of nitrogens with one attached hydrogen (secondary N) is 2. The number of aromatic nitrogens is 2. The summed E-state index contributed by atoms with van der Waals surface area (Å²) in [4.78, 5) is 20.4. The van der Waals surface area contributed by atoms with E-state index in [4.69, 9.17) is 4.74 Å². The lowest BCUT2D eigenvalue weighted by Crippen LogP contribution is -2.45. The number of rotatable bonds is 9. The number of para-hydroxylation sites is 1. The van der Waals surface area contributed by atoms with Crippen LogP contribution in [0, 0.1) is 0 Å². The van der Waals surface area contributed by atoms with Crippen LogP contribution in [0.4, 0.5) is 0 Å². The zero-order chi connectivity index (χ0) is 25.8. The molecule has 1 atom stereocenters. The van der Waals surface area contributed by atoms with Crippen molar-refractivity contribution in [3.63, 3.8) is 0 Å². The maximum atomic E-state index is 12.3. The highest BCUT2D eigenvalue weighted by Gasteiger charge is 2.28. The first-order valence-electron chi connectivity index (χ1n) is 13.8. The first-order chi connectivity index (χ1) is 18.0. The predicted octanol–water partition coefficient (Wildman–Crippen LogP) is 4.24. The van der Waals surface area contributed by atoms with Crippen molar-refractivity contribution in [2.24, 2.45) is 7.05 Å². The molecule has 3 aromatic rings. The van der Waals surface area contributed by atoms with Gasteiger partial charge in [-0.25, -0.2) is 0 Å². The van der Waals surface area contributed by atoms with Crippen molar-refractivity contribution < 1.29 is 9.53 Å². The van der Waals surface area contributed by atoms with Gasteiger partial charge in [-0.05, 0) is 56.5 Å². The monoisotopic (exact) mass is 503 g/mol. The molecule has 5 rings (SSSR count). The summed E-state index contributed by atoms with van der Waals surface area (Å²) < 4.78 is 8.50. The molecule has 0 bridgehead atoms. The minimum absolute atomic E-state index is 0.123. The number of piperazine rings is 1. The Balaban J connectivity index is 1.37. The second-order valence-corrected chi connectivity index (χ2v) is 10.7. The average molecular weight is 504 g/mol. The van der Waals surface area contributed by atoms with Crippen molar-refractivity contribution in [1.29, 1.82) is 0 Å². The third-order valence-corrected chi connectivity index (χ3v) is 7.65. The Kier molecular flexibility index (Phi) is 8.01. The van der Waals surface area contributed by atoms with E-state index < -0.39 is 0 Å². The lowest BCUT2D eigenvalue weighted by molar-refractivity contribution is -0.133. The van der Waals surface area contributed by atoms with E-state index in [9.17, 15) is 4.79 Å². The standard InChI is InChI=1S/C30H41N5O2/c1-22(2)37-28-9-5-4-8-27(28)30(34-16-13-31-14-17-34)23-18-24(32-20-23)19-25-11-12-26(33(25)3)21-35-15-7-6-10-29(35)36/h4-5,8-9,11-12,18,20,22,30-32H,6-7,10,13-17,19,21H2,1-3H3. The number of hydrogen-bond donors (Lipinski definition) is 2. The second-order valence-electron chi connectivity index (χ2n) is 10.7. The van der Waals surface area contributed by atoms with E-state index in [-0.39, 0.29) is 18.1 Å². The molecule has 2 saturated heterocycles. The number of amides is 1.